The van der Waals surface area contributed by atoms with Crippen LogP contribution in [-0.2, 0) is 4.79 Å². The molecule has 2 N–H and O–H groups in total. The highest BCUT2D eigenvalue weighted by Gasteiger charge is 2.24. The van der Waals surface area contributed by atoms with Gasteiger partial charge in [-0.05, 0) is 54.6 Å². The zero-order chi connectivity index (χ0) is 16.4. The number of carbonyl (C=O) groups excluding carboxylic acids is 1. The third-order valence-electron chi connectivity index (χ3n) is 3.26. The van der Waals surface area contributed by atoms with E-state index in [0.717, 1.165) is 11.3 Å². The van der Waals surface area contributed by atoms with Crippen LogP contribution >= 0.6 is 23.4 Å². The Morgan fingerprint density at radius 1 is 1.26 bits per heavy atom. The first-order valence-corrected chi connectivity index (χ1v) is 8.06. The van der Waals surface area contributed by atoms with Crippen LogP contribution in [0.4, 0.5) is 5.69 Å². The second kappa shape index (κ2) is 6.48. The zero-order valence-corrected chi connectivity index (χ0v) is 13.8. The summed E-state index contributed by atoms with van der Waals surface area (Å²) in [6.45, 7) is 1.96. The third-order valence-corrected chi connectivity index (χ3v) is 4.41. The van der Waals surface area contributed by atoms with Gasteiger partial charge in [0, 0.05) is 10.6 Å². The average molecular weight is 345 g/mol. The Morgan fingerprint density at radius 2 is 2.04 bits per heavy atom. The number of rotatable bonds is 2. The molecule has 4 nitrogen and oxygen atoms in total. The van der Waals surface area contributed by atoms with Crippen molar-refractivity contribution in [2.24, 2.45) is 4.99 Å². The molecule has 3 rings (SSSR count). The van der Waals surface area contributed by atoms with Crippen molar-refractivity contribution in [3.05, 3.63) is 63.5 Å². The molecule has 1 amide bonds. The van der Waals surface area contributed by atoms with E-state index >= 15 is 0 Å². The predicted molar refractivity (Wildman–Crippen MR) is 95.1 cm³/mol. The number of nitrogens with one attached hydrogen (secondary N) is 1. The number of aliphatic imine (C=N–C) groups is 1. The maximum absolute atomic E-state index is 12.1. The van der Waals surface area contributed by atoms with E-state index in [1.165, 1.54) is 17.8 Å². The predicted octanol–water partition coefficient (Wildman–Crippen LogP) is 4.25. The van der Waals surface area contributed by atoms with Crippen LogP contribution in [0, 0.1) is 6.92 Å². The molecule has 0 atom stereocenters. The van der Waals surface area contributed by atoms with Crippen molar-refractivity contribution in [1.82, 2.24) is 5.32 Å². The number of hydrogen-bond acceptors (Lipinski definition) is 4. The summed E-state index contributed by atoms with van der Waals surface area (Å²) >= 11 is 7.15. The first-order valence-electron chi connectivity index (χ1n) is 6.86. The van der Waals surface area contributed by atoms with E-state index in [-0.39, 0.29) is 11.7 Å². The Kier molecular flexibility index (Phi) is 4.41. The van der Waals surface area contributed by atoms with Gasteiger partial charge in [0.25, 0.3) is 5.91 Å². The van der Waals surface area contributed by atoms with Crippen LogP contribution in [0.5, 0.6) is 5.75 Å². The van der Waals surface area contributed by atoms with Crippen molar-refractivity contribution < 1.29 is 9.90 Å². The molecule has 0 spiro atoms. The largest absolute Gasteiger partial charge is 0.507 e. The first kappa shape index (κ1) is 15.6. The fourth-order valence-electron chi connectivity index (χ4n) is 2.06. The van der Waals surface area contributed by atoms with Gasteiger partial charge in [-0.15, -0.1) is 0 Å². The smallest absolute Gasteiger partial charge is 0.264 e. The van der Waals surface area contributed by atoms with E-state index in [1.54, 1.807) is 18.2 Å². The number of halogens is 1. The lowest BCUT2D eigenvalue weighted by Gasteiger charge is -2.00. The molecule has 1 aliphatic heterocycles. The lowest BCUT2D eigenvalue weighted by Crippen LogP contribution is -2.19. The Bertz CT molecular complexity index is 846. The highest BCUT2D eigenvalue weighted by molar-refractivity contribution is 8.18. The van der Waals surface area contributed by atoms with Gasteiger partial charge in [-0.1, -0.05) is 29.8 Å². The molecular weight excluding hydrogens is 332 g/mol. The normalized spacial score (nSPS) is 17.7. The van der Waals surface area contributed by atoms with Crippen LogP contribution in [0.25, 0.3) is 6.08 Å². The van der Waals surface area contributed by atoms with Crippen molar-refractivity contribution in [3.63, 3.8) is 0 Å². The Morgan fingerprint density at radius 3 is 2.83 bits per heavy atom. The van der Waals surface area contributed by atoms with E-state index in [2.05, 4.69) is 10.3 Å². The van der Waals surface area contributed by atoms with E-state index in [4.69, 9.17) is 11.6 Å². The van der Waals surface area contributed by atoms with E-state index in [9.17, 15) is 9.90 Å². The van der Waals surface area contributed by atoms with Gasteiger partial charge in [-0.25, -0.2) is 4.99 Å². The molecule has 6 heteroatoms. The highest BCUT2D eigenvalue weighted by Crippen LogP contribution is 2.31. The minimum atomic E-state index is -0.248. The molecule has 1 fully saturated rings. The van der Waals surface area contributed by atoms with Gasteiger partial charge in [0.15, 0.2) is 5.17 Å². The number of phenols is 1. The molecule has 0 bridgehead atoms. The summed E-state index contributed by atoms with van der Waals surface area (Å²) in [7, 11) is 0. The standard InChI is InChI=1S/C17H13ClN2O2S/c1-10-4-2-3-5-13(10)19-17-20-16(22)15(23-17)9-11-8-12(18)6-7-14(11)21/h2-9,21H,1H3,(H,19,20,22)/b15-9-. The molecular formula is C17H13ClN2O2S. The monoisotopic (exact) mass is 344 g/mol. The molecule has 1 saturated heterocycles. The van der Waals surface area contributed by atoms with Gasteiger partial charge in [0.2, 0.25) is 0 Å². The number of carbonyl (C=O) groups is 1. The lowest BCUT2D eigenvalue weighted by molar-refractivity contribution is -0.115. The summed E-state index contributed by atoms with van der Waals surface area (Å²) in [6, 6.07) is 12.4. The van der Waals surface area contributed by atoms with Crippen molar-refractivity contribution in [2.45, 2.75) is 6.92 Å². The summed E-state index contributed by atoms with van der Waals surface area (Å²) in [5.74, 6) is -0.179. The summed E-state index contributed by atoms with van der Waals surface area (Å²) in [6.07, 6.45) is 1.60. The number of benzene rings is 2. The van der Waals surface area contributed by atoms with Gasteiger partial charge in [0.1, 0.15) is 5.75 Å². The quantitative estimate of drug-likeness (QED) is 0.801. The number of nitrogens with zero attached hydrogens (tertiary/aromatic N) is 1. The van der Waals surface area contributed by atoms with Crippen molar-refractivity contribution in [1.29, 1.82) is 0 Å². The second-order valence-corrected chi connectivity index (χ2v) is 6.44. The second-order valence-electron chi connectivity index (χ2n) is 4.97. The topological polar surface area (TPSA) is 61.7 Å². The number of aryl methyl sites for hydroxylation is 1. The third kappa shape index (κ3) is 3.57. The molecule has 116 valence electrons. The first-order chi connectivity index (χ1) is 11.0. The van der Waals surface area contributed by atoms with E-state index in [1.807, 2.05) is 31.2 Å². The summed E-state index contributed by atoms with van der Waals surface area (Å²) in [5.41, 5.74) is 2.33. The molecule has 0 unspecified atom stereocenters. The van der Waals surface area contributed by atoms with Crippen molar-refractivity contribution >= 4 is 46.2 Å². The lowest BCUT2D eigenvalue weighted by atomic mass is 10.2. The highest BCUT2D eigenvalue weighted by atomic mass is 35.5. The summed E-state index contributed by atoms with van der Waals surface area (Å²) in [5, 5.41) is 13.6. The summed E-state index contributed by atoms with van der Waals surface area (Å²) < 4.78 is 0. The molecule has 0 aliphatic carbocycles. The van der Waals surface area contributed by atoms with Crippen LogP contribution < -0.4 is 5.32 Å². The van der Waals surface area contributed by atoms with Gasteiger partial charge < -0.3 is 10.4 Å². The Labute approximate surface area is 142 Å². The molecule has 2 aromatic carbocycles. The Balaban J connectivity index is 1.90. The SMILES string of the molecule is Cc1ccccc1N=C1NC(=O)/C(=C/c2cc(Cl)ccc2O)S1. The van der Waals surface area contributed by atoms with Crippen LogP contribution in [0.1, 0.15) is 11.1 Å². The van der Waals surface area contributed by atoms with Crippen LogP contribution in [0.3, 0.4) is 0 Å². The Hall–Kier alpha value is -2.24. The number of amidine groups is 1. The fraction of sp³-hybridized carbons (Fsp3) is 0.0588. The van der Waals surface area contributed by atoms with E-state index in [0.29, 0.717) is 20.7 Å². The number of aromatic hydroxyl groups is 1. The van der Waals surface area contributed by atoms with Crippen molar-refractivity contribution in [3.8, 4) is 5.75 Å². The molecule has 0 aromatic heterocycles. The molecule has 0 radical (unpaired) electrons. The van der Waals surface area contributed by atoms with Gasteiger partial charge in [-0.2, -0.15) is 0 Å². The van der Waals surface area contributed by atoms with Gasteiger partial charge in [0.05, 0.1) is 10.6 Å². The summed E-state index contributed by atoms with van der Waals surface area (Å²) in [4.78, 5) is 17.0. The average Bonchev–Trinajstić information content (AvgIpc) is 2.85. The zero-order valence-electron chi connectivity index (χ0n) is 12.2. The minimum Gasteiger partial charge on any atom is -0.507 e. The molecule has 1 heterocycles. The van der Waals surface area contributed by atoms with Gasteiger partial charge in [-0.3, -0.25) is 4.79 Å². The molecule has 1 aliphatic rings. The maximum Gasteiger partial charge on any atom is 0.264 e. The van der Waals surface area contributed by atoms with Crippen LogP contribution in [0.2, 0.25) is 5.02 Å². The number of para-hydroxylation sites is 1. The molecule has 2 aromatic rings. The van der Waals surface area contributed by atoms with Crippen molar-refractivity contribution in [2.75, 3.05) is 0 Å². The molecule has 23 heavy (non-hydrogen) atoms. The molecule has 0 saturated carbocycles. The van der Waals surface area contributed by atoms with Crippen LogP contribution in [-0.4, -0.2) is 16.2 Å². The van der Waals surface area contributed by atoms with E-state index < -0.39 is 0 Å². The number of hydrogen-bond donors (Lipinski definition) is 2. The fourth-order valence-corrected chi connectivity index (χ4v) is 3.07. The number of thioether (sulfide) groups is 1. The number of amides is 1. The number of phenolic OH excluding ortho intramolecular Hbond substituents is 1. The minimum absolute atomic E-state index is 0.0691. The maximum atomic E-state index is 12.1. The van der Waals surface area contributed by atoms with Gasteiger partial charge >= 0.3 is 0 Å². The van der Waals surface area contributed by atoms with Crippen LogP contribution in [0.15, 0.2) is 52.4 Å².